The summed E-state index contributed by atoms with van der Waals surface area (Å²) in [6, 6.07) is 1.25. The van der Waals surface area contributed by atoms with E-state index in [1.165, 1.54) is 18.5 Å². The standard InChI is InChI=1S/C8H5F3N2O4/c9-8(10,11)6(15)17-5(14)4-16-7-12-2-1-3-13-7/h1-3H,4H2. The van der Waals surface area contributed by atoms with Crippen LogP contribution < -0.4 is 4.74 Å². The van der Waals surface area contributed by atoms with Crippen molar-refractivity contribution in [2.75, 3.05) is 6.61 Å². The van der Waals surface area contributed by atoms with Crippen LogP contribution in [0.1, 0.15) is 0 Å². The van der Waals surface area contributed by atoms with Gasteiger partial charge in [0.15, 0.2) is 6.61 Å². The van der Waals surface area contributed by atoms with Crippen molar-refractivity contribution in [3.8, 4) is 6.01 Å². The Morgan fingerprint density at radius 3 is 2.35 bits per heavy atom. The van der Waals surface area contributed by atoms with E-state index in [0.717, 1.165) is 0 Å². The Labute approximate surface area is 92.4 Å². The Hall–Kier alpha value is -2.19. The molecule has 0 aliphatic heterocycles. The highest BCUT2D eigenvalue weighted by molar-refractivity contribution is 5.89. The first kappa shape index (κ1) is 12.9. The summed E-state index contributed by atoms with van der Waals surface area (Å²) in [5, 5.41) is 0. The van der Waals surface area contributed by atoms with E-state index in [0.29, 0.717) is 0 Å². The zero-order chi connectivity index (χ0) is 12.9. The van der Waals surface area contributed by atoms with E-state index in [9.17, 15) is 22.8 Å². The maximum atomic E-state index is 11.7. The van der Waals surface area contributed by atoms with Gasteiger partial charge >= 0.3 is 24.1 Å². The molecule has 0 amide bonds. The van der Waals surface area contributed by atoms with Gasteiger partial charge in [0.2, 0.25) is 0 Å². The van der Waals surface area contributed by atoms with Crippen LogP contribution in [0.15, 0.2) is 18.5 Å². The molecular formula is C8H5F3N2O4. The van der Waals surface area contributed by atoms with Crippen LogP contribution >= 0.6 is 0 Å². The first-order valence-corrected chi connectivity index (χ1v) is 4.11. The van der Waals surface area contributed by atoms with Crippen molar-refractivity contribution in [1.29, 1.82) is 0 Å². The van der Waals surface area contributed by atoms with Gasteiger partial charge in [0.05, 0.1) is 0 Å². The van der Waals surface area contributed by atoms with Gasteiger partial charge in [0.25, 0.3) is 0 Å². The van der Waals surface area contributed by atoms with Gasteiger partial charge in [-0.05, 0) is 6.07 Å². The van der Waals surface area contributed by atoms with Crippen LogP contribution in [0.25, 0.3) is 0 Å². The zero-order valence-corrected chi connectivity index (χ0v) is 8.10. The van der Waals surface area contributed by atoms with E-state index in [4.69, 9.17) is 0 Å². The second kappa shape index (κ2) is 5.23. The first-order chi connectivity index (χ1) is 7.89. The summed E-state index contributed by atoms with van der Waals surface area (Å²) in [7, 11) is 0. The quantitative estimate of drug-likeness (QED) is 0.573. The Bertz CT molecular complexity index is 407. The summed E-state index contributed by atoms with van der Waals surface area (Å²) < 4.78 is 43.1. The van der Waals surface area contributed by atoms with Gasteiger partial charge in [0.1, 0.15) is 0 Å². The highest BCUT2D eigenvalue weighted by atomic mass is 19.4. The molecule has 1 rings (SSSR count). The summed E-state index contributed by atoms with van der Waals surface area (Å²) in [5.74, 6) is -4.08. The molecule has 0 radical (unpaired) electrons. The third-order valence-corrected chi connectivity index (χ3v) is 1.30. The van der Waals surface area contributed by atoms with Crippen molar-refractivity contribution >= 4 is 11.9 Å². The fourth-order valence-corrected chi connectivity index (χ4v) is 0.674. The third-order valence-electron chi connectivity index (χ3n) is 1.30. The number of alkyl halides is 3. The molecule has 0 saturated carbocycles. The number of carbonyl (C=O) groups is 2. The average molecular weight is 250 g/mol. The van der Waals surface area contributed by atoms with Crippen molar-refractivity contribution in [1.82, 2.24) is 9.97 Å². The molecular weight excluding hydrogens is 245 g/mol. The largest absolute Gasteiger partial charge is 0.491 e. The van der Waals surface area contributed by atoms with Gasteiger partial charge in [-0.1, -0.05) is 0 Å². The molecule has 0 bridgehead atoms. The minimum absolute atomic E-state index is 0.219. The van der Waals surface area contributed by atoms with Crippen molar-refractivity contribution in [3.05, 3.63) is 18.5 Å². The Kier molecular flexibility index (Phi) is 3.96. The number of aromatic nitrogens is 2. The van der Waals surface area contributed by atoms with E-state index in [1.807, 2.05) is 0 Å². The van der Waals surface area contributed by atoms with Gasteiger partial charge in [-0.15, -0.1) is 0 Å². The van der Waals surface area contributed by atoms with Crippen LogP contribution in [0.2, 0.25) is 0 Å². The van der Waals surface area contributed by atoms with E-state index in [1.54, 1.807) is 0 Å². The molecule has 17 heavy (non-hydrogen) atoms. The van der Waals surface area contributed by atoms with Gasteiger partial charge in [-0.2, -0.15) is 13.2 Å². The molecule has 1 aromatic heterocycles. The lowest BCUT2D eigenvalue weighted by Gasteiger charge is -2.05. The second-order valence-electron chi connectivity index (χ2n) is 2.58. The molecule has 0 saturated heterocycles. The number of halogens is 3. The highest BCUT2D eigenvalue weighted by Gasteiger charge is 2.42. The van der Waals surface area contributed by atoms with E-state index in [-0.39, 0.29) is 6.01 Å². The van der Waals surface area contributed by atoms with Crippen molar-refractivity contribution in [3.63, 3.8) is 0 Å². The van der Waals surface area contributed by atoms with Gasteiger partial charge < -0.3 is 9.47 Å². The highest BCUT2D eigenvalue weighted by Crippen LogP contribution is 2.16. The molecule has 1 aromatic rings. The lowest BCUT2D eigenvalue weighted by atomic mass is 10.6. The number of esters is 2. The SMILES string of the molecule is O=C(COc1ncccn1)OC(=O)C(F)(F)F. The fraction of sp³-hybridized carbons (Fsp3) is 0.250. The van der Waals surface area contributed by atoms with Gasteiger partial charge in [0, 0.05) is 12.4 Å². The van der Waals surface area contributed by atoms with Crippen LogP contribution in [-0.4, -0.2) is 34.7 Å². The van der Waals surface area contributed by atoms with Gasteiger partial charge in [-0.25, -0.2) is 19.6 Å². The molecule has 9 heteroatoms. The lowest BCUT2D eigenvalue weighted by Crippen LogP contribution is -2.30. The Morgan fingerprint density at radius 1 is 1.24 bits per heavy atom. The summed E-state index contributed by atoms with van der Waals surface area (Å²) in [4.78, 5) is 28.0. The van der Waals surface area contributed by atoms with Crippen molar-refractivity contribution in [2.45, 2.75) is 6.18 Å². The average Bonchev–Trinajstić information content (AvgIpc) is 2.26. The molecule has 0 unspecified atom stereocenters. The molecule has 0 aliphatic rings. The number of nitrogens with zero attached hydrogens (tertiary/aromatic N) is 2. The Balaban J connectivity index is 2.39. The Morgan fingerprint density at radius 2 is 1.82 bits per heavy atom. The summed E-state index contributed by atoms with van der Waals surface area (Å²) in [5.41, 5.74) is 0. The topological polar surface area (TPSA) is 78.4 Å². The molecule has 6 nitrogen and oxygen atoms in total. The summed E-state index contributed by atoms with van der Waals surface area (Å²) in [6.45, 7) is -0.897. The molecule has 0 aromatic carbocycles. The predicted molar refractivity (Wildman–Crippen MR) is 44.7 cm³/mol. The maximum absolute atomic E-state index is 11.7. The van der Waals surface area contributed by atoms with Crippen LogP contribution in [0, 0.1) is 0 Å². The number of hydrogen-bond acceptors (Lipinski definition) is 6. The fourth-order valence-electron chi connectivity index (χ4n) is 0.674. The van der Waals surface area contributed by atoms with E-state index in [2.05, 4.69) is 19.4 Å². The molecule has 0 aliphatic carbocycles. The third kappa shape index (κ3) is 4.45. The normalized spacial score (nSPS) is 10.8. The number of carbonyl (C=O) groups excluding carboxylic acids is 2. The maximum Gasteiger partial charge on any atom is 0.491 e. The lowest BCUT2D eigenvalue weighted by molar-refractivity contribution is -0.202. The monoisotopic (exact) mass is 250 g/mol. The molecule has 0 fully saturated rings. The second-order valence-corrected chi connectivity index (χ2v) is 2.58. The predicted octanol–water partition coefficient (Wildman–Crippen LogP) is 0.487. The molecule has 0 atom stereocenters. The smallest absolute Gasteiger partial charge is 0.451 e. The number of hydrogen-bond donors (Lipinski definition) is 0. The molecule has 1 heterocycles. The van der Waals surface area contributed by atoms with Crippen LogP contribution in [-0.2, 0) is 14.3 Å². The summed E-state index contributed by atoms with van der Waals surface area (Å²) >= 11 is 0. The molecule has 92 valence electrons. The number of ether oxygens (including phenoxy) is 2. The molecule has 0 N–H and O–H groups in total. The summed E-state index contributed by atoms with van der Waals surface area (Å²) in [6.07, 6.45) is -2.62. The van der Waals surface area contributed by atoms with Crippen LogP contribution in [0.3, 0.4) is 0 Å². The van der Waals surface area contributed by atoms with Crippen molar-refractivity contribution in [2.24, 2.45) is 0 Å². The van der Waals surface area contributed by atoms with Crippen LogP contribution in [0.5, 0.6) is 6.01 Å². The first-order valence-electron chi connectivity index (χ1n) is 4.11. The van der Waals surface area contributed by atoms with E-state index < -0.39 is 24.7 Å². The van der Waals surface area contributed by atoms with Crippen molar-refractivity contribution < 1.29 is 32.2 Å². The minimum Gasteiger partial charge on any atom is -0.451 e. The van der Waals surface area contributed by atoms with E-state index >= 15 is 0 Å². The zero-order valence-electron chi connectivity index (χ0n) is 8.10. The number of rotatable bonds is 3. The van der Waals surface area contributed by atoms with Crippen LogP contribution in [0.4, 0.5) is 13.2 Å². The minimum atomic E-state index is -5.22. The van der Waals surface area contributed by atoms with Gasteiger partial charge in [-0.3, -0.25) is 0 Å². The molecule has 0 spiro atoms.